The van der Waals surface area contributed by atoms with Crippen molar-refractivity contribution < 1.29 is 19.0 Å². The van der Waals surface area contributed by atoms with Gasteiger partial charge >= 0.3 is 0 Å². The van der Waals surface area contributed by atoms with E-state index in [1.807, 2.05) is 5.38 Å². The first-order valence-electron chi connectivity index (χ1n) is 9.09. The lowest BCUT2D eigenvalue weighted by Crippen LogP contribution is -2.14. The molecular formula is C21H22N2O4S. The Kier molecular flexibility index (Phi) is 5.09. The lowest BCUT2D eigenvalue weighted by molar-refractivity contribution is 0.103. The normalized spacial score (nSPS) is 17.9. The van der Waals surface area contributed by atoms with Crippen LogP contribution in [0.25, 0.3) is 0 Å². The Labute approximate surface area is 167 Å². The largest absolute Gasteiger partial charge is 0.493 e. The molecule has 28 heavy (non-hydrogen) atoms. The third-order valence-electron chi connectivity index (χ3n) is 5.04. The molecule has 0 bridgehead atoms. The Morgan fingerprint density at radius 2 is 1.93 bits per heavy atom. The number of ether oxygens (including phenoxy) is 3. The predicted octanol–water partition coefficient (Wildman–Crippen LogP) is 4.04. The van der Waals surface area contributed by atoms with Gasteiger partial charge in [-0.25, -0.2) is 4.98 Å². The SMILES string of the molecule is COc1cc(C(=O)c2csc(C3CC4=C(C=CCC4)N3)n2)cc(OC)c1OC. The molecule has 0 radical (unpaired) electrons. The summed E-state index contributed by atoms with van der Waals surface area (Å²) >= 11 is 1.51. The highest BCUT2D eigenvalue weighted by molar-refractivity contribution is 7.10. The van der Waals surface area contributed by atoms with E-state index in [0.29, 0.717) is 28.5 Å². The minimum atomic E-state index is -0.169. The van der Waals surface area contributed by atoms with Crippen LogP contribution < -0.4 is 19.5 Å². The smallest absolute Gasteiger partial charge is 0.212 e. The van der Waals surface area contributed by atoms with Crippen molar-refractivity contribution in [1.29, 1.82) is 0 Å². The molecule has 146 valence electrons. The second kappa shape index (κ2) is 7.67. The minimum Gasteiger partial charge on any atom is -0.493 e. The van der Waals surface area contributed by atoms with Crippen LogP contribution >= 0.6 is 11.3 Å². The summed E-state index contributed by atoms with van der Waals surface area (Å²) in [5.41, 5.74) is 3.53. The fourth-order valence-electron chi connectivity index (χ4n) is 3.62. The van der Waals surface area contributed by atoms with E-state index < -0.39 is 0 Å². The van der Waals surface area contributed by atoms with E-state index in [9.17, 15) is 4.79 Å². The minimum absolute atomic E-state index is 0.138. The first kappa shape index (κ1) is 18.6. The molecule has 7 heteroatoms. The summed E-state index contributed by atoms with van der Waals surface area (Å²) in [4.78, 5) is 17.6. The molecule has 1 aromatic heterocycles. The number of aromatic nitrogens is 1. The lowest BCUT2D eigenvalue weighted by Gasteiger charge is -2.13. The standard InChI is InChI=1S/C21H22N2O4S/c1-25-17-9-13(10-18(26-2)20(17)27-3)19(24)16-11-28-21(23-16)15-8-12-6-4-5-7-14(12)22-15/h5,7,9-11,15,22H,4,6,8H2,1-3H3. The number of allylic oxidation sites excluding steroid dienone is 2. The molecule has 2 heterocycles. The number of rotatable bonds is 6. The molecule has 1 unspecified atom stereocenters. The Bertz CT molecular complexity index is 952. The van der Waals surface area contributed by atoms with Crippen LogP contribution in [-0.4, -0.2) is 32.1 Å². The van der Waals surface area contributed by atoms with Crippen molar-refractivity contribution in [3.8, 4) is 17.2 Å². The second-order valence-corrected chi connectivity index (χ2v) is 7.56. The number of ketones is 1. The van der Waals surface area contributed by atoms with Gasteiger partial charge in [-0.2, -0.15) is 0 Å². The average Bonchev–Trinajstić information content (AvgIpc) is 3.38. The lowest BCUT2D eigenvalue weighted by atomic mass is 10.0. The first-order valence-corrected chi connectivity index (χ1v) is 9.97. The number of hydrogen-bond acceptors (Lipinski definition) is 7. The van der Waals surface area contributed by atoms with Crippen LogP contribution in [0.4, 0.5) is 0 Å². The quantitative estimate of drug-likeness (QED) is 0.741. The molecule has 0 saturated heterocycles. The topological polar surface area (TPSA) is 69.7 Å². The van der Waals surface area contributed by atoms with Crippen LogP contribution in [0.1, 0.15) is 46.4 Å². The first-order chi connectivity index (χ1) is 13.6. The number of carbonyl (C=O) groups is 1. The summed E-state index contributed by atoms with van der Waals surface area (Å²) in [5.74, 6) is 1.18. The van der Waals surface area contributed by atoms with Crippen molar-refractivity contribution in [3.05, 3.63) is 57.2 Å². The van der Waals surface area contributed by atoms with Gasteiger partial charge < -0.3 is 19.5 Å². The number of hydrogen-bond donors (Lipinski definition) is 1. The molecule has 1 aliphatic carbocycles. The second-order valence-electron chi connectivity index (χ2n) is 6.67. The van der Waals surface area contributed by atoms with Gasteiger partial charge in [0, 0.05) is 16.6 Å². The van der Waals surface area contributed by atoms with Crippen LogP contribution in [0.15, 0.2) is 40.9 Å². The number of nitrogens with zero attached hydrogens (tertiary/aromatic N) is 1. The Balaban J connectivity index is 1.58. The van der Waals surface area contributed by atoms with Crippen LogP contribution in [-0.2, 0) is 0 Å². The molecule has 1 atom stereocenters. The van der Waals surface area contributed by atoms with Crippen molar-refractivity contribution in [3.63, 3.8) is 0 Å². The van der Waals surface area contributed by atoms with Crippen LogP contribution in [0.5, 0.6) is 17.2 Å². The van der Waals surface area contributed by atoms with E-state index in [2.05, 4.69) is 22.5 Å². The van der Waals surface area contributed by atoms with E-state index in [4.69, 9.17) is 14.2 Å². The molecule has 1 N–H and O–H groups in total. The summed E-state index contributed by atoms with van der Waals surface area (Å²) in [6.45, 7) is 0. The summed E-state index contributed by atoms with van der Waals surface area (Å²) in [6, 6.07) is 3.45. The molecule has 1 aromatic carbocycles. The maximum atomic E-state index is 13.0. The fourth-order valence-corrected chi connectivity index (χ4v) is 4.47. The van der Waals surface area contributed by atoms with E-state index in [1.165, 1.54) is 43.9 Å². The van der Waals surface area contributed by atoms with Gasteiger partial charge in [0.25, 0.3) is 0 Å². The molecule has 6 nitrogen and oxygen atoms in total. The van der Waals surface area contributed by atoms with Gasteiger partial charge in [-0.1, -0.05) is 6.08 Å². The van der Waals surface area contributed by atoms with Gasteiger partial charge in [-0.15, -0.1) is 11.3 Å². The summed E-state index contributed by atoms with van der Waals surface area (Å²) in [7, 11) is 4.59. The fraction of sp³-hybridized carbons (Fsp3) is 0.333. The molecule has 0 amide bonds. The number of carbonyl (C=O) groups excluding carboxylic acids is 1. The van der Waals surface area contributed by atoms with Crippen molar-refractivity contribution in [2.45, 2.75) is 25.3 Å². The van der Waals surface area contributed by atoms with Gasteiger partial charge in [-0.3, -0.25) is 4.79 Å². The molecule has 2 aromatic rings. The third kappa shape index (κ3) is 3.26. The highest BCUT2D eigenvalue weighted by atomic mass is 32.1. The Hall–Kier alpha value is -2.80. The zero-order valence-electron chi connectivity index (χ0n) is 16.1. The van der Waals surface area contributed by atoms with E-state index in [-0.39, 0.29) is 11.8 Å². The molecular weight excluding hydrogens is 376 g/mol. The monoisotopic (exact) mass is 398 g/mol. The molecule has 0 saturated carbocycles. The molecule has 1 aliphatic heterocycles. The zero-order valence-corrected chi connectivity index (χ0v) is 16.9. The maximum Gasteiger partial charge on any atom is 0.212 e. The predicted molar refractivity (Wildman–Crippen MR) is 108 cm³/mol. The van der Waals surface area contributed by atoms with Crippen molar-refractivity contribution in [2.24, 2.45) is 0 Å². The third-order valence-corrected chi connectivity index (χ3v) is 6.00. The van der Waals surface area contributed by atoms with Crippen molar-refractivity contribution >= 4 is 17.1 Å². The number of methoxy groups -OCH3 is 3. The van der Waals surface area contributed by atoms with Gasteiger partial charge in [0.15, 0.2) is 11.5 Å². The molecule has 2 aliphatic rings. The Morgan fingerprint density at radius 3 is 2.57 bits per heavy atom. The van der Waals surface area contributed by atoms with Crippen LogP contribution in [0, 0.1) is 0 Å². The van der Waals surface area contributed by atoms with Crippen molar-refractivity contribution in [1.82, 2.24) is 10.3 Å². The van der Waals surface area contributed by atoms with Gasteiger partial charge in [0.05, 0.1) is 27.4 Å². The summed E-state index contributed by atoms with van der Waals surface area (Å²) in [5, 5.41) is 6.27. The van der Waals surface area contributed by atoms with Crippen LogP contribution in [0.3, 0.4) is 0 Å². The summed E-state index contributed by atoms with van der Waals surface area (Å²) in [6.07, 6.45) is 7.47. The van der Waals surface area contributed by atoms with Gasteiger partial charge in [0.1, 0.15) is 10.7 Å². The van der Waals surface area contributed by atoms with E-state index >= 15 is 0 Å². The maximum absolute atomic E-state index is 13.0. The highest BCUT2D eigenvalue weighted by Crippen LogP contribution is 2.39. The highest BCUT2D eigenvalue weighted by Gasteiger charge is 2.28. The zero-order chi connectivity index (χ0) is 19.7. The Morgan fingerprint density at radius 1 is 1.18 bits per heavy atom. The van der Waals surface area contributed by atoms with Gasteiger partial charge in [0.2, 0.25) is 11.5 Å². The average molecular weight is 398 g/mol. The van der Waals surface area contributed by atoms with Gasteiger partial charge in [-0.05, 0) is 43.0 Å². The summed E-state index contributed by atoms with van der Waals surface area (Å²) < 4.78 is 16.0. The molecule has 4 rings (SSSR count). The van der Waals surface area contributed by atoms with E-state index in [1.54, 1.807) is 12.1 Å². The number of benzene rings is 1. The van der Waals surface area contributed by atoms with Crippen molar-refractivity contribution in [2.75, 3.05) is 21.3 Å². The molecule has 0 fully saturated rings. The van der Waals surface area contributed by atoms with E-state index in [0.717, 1.165) is 24.3 Å². The molecule has 0 spiro atoms. The van der Waals surface area contributed by atoms with Crippen LogP contribution in [0.2, 0.25) is 0 Å². The number of thiazole rings is 1. The number of nitrogens with one attached hydrogen (secondary N) is 1.